The number of likely N-dealkylation sites (tertiary alicyclic amines) is 1. The highest BCUT2D eigenvalue weighted by Crippen LogP contribution is 2.44. The molecule has 0 bridgehead atoms. The number of aliphatic carboxylic acids is 1. The van der Waals surface area contributed by atoms with Gasteiger partial charge in [0.15, 0.2) is 21.4 Å². The van der Waals surface area contributed by atoms with Gasteiger partial charge < -0.3 is 25.8 Å². The standard InChI is InChI=1S/C32H31FN4O6S/c1-43-26-17-19(6-11-25(26)33)28(36-20-7-10-22-18(16-20)12-14-35-30(22)34)31(38)37-15-13-24(32(39)40)29(37)23-4-2-3-5-27(23)44(41,42)21-8-9-21/h2-7,10-12,14,16-17,21,24,28-29,36H,8-9,13,15H2,1H3,(H2,34,35)(H,39,40)/t24-,28+,29+/m0/s1. The number of carbonyl (C=O) groups excluding carboxylic acids is 1. The number of ether oxygens (including phenoxy) is 1. The summed E-state index contributed by atoms with van der Waals surface area (Å²) in [4.78, 5) is 32.6. The summed E-state index contributed by atoms with van der Waals surface area (Å²) in [5.74, 6) is -2.99. The summed E-state index contributed by atoms with van der Waals surface area (Å²) in [5.41, 5.74) is 7.22. The van der Waals surface area contributed by atoms with Crippen LogP contribution in [-0.2, 0) is 19.4 Å². The summed E-state index contributed by atoms with van der Waals surface area (Å²) in [6, 6.07) is 15.3. The number of carboxylic acids is 1. The monoisotopic (exact) mass is 618 g/mol. The molecule has 0 radical (unpaired) electrons. The van der Waals surface area contributed by atoms with Crippen LogP contribution in [0.2, 0.25) is 0 Å². The first-order valence-corrected chi connectivity index (χ1v) is 15.7. The van der Waals surface area contributed by atoms with E-state index in [1.807, 2.05) is 0 Å². The number of nitrogens with two attached hydrogens (primary N) is 1. The Kier molecular flexibility index (Phi) is 7.62. The molecule has 1 aliphatic carbocycles. The molecule has 2 fully saturated rings. The second-order valence-corrected chi connectivity index (χ2v) is 13.3. The fraction of sp³-hybridized carbons (Fsp3) is 0.281. The van der Waals surface area contributed by atoms with Crippen molar-refractivity contribution >= 4 is 44.0 Å². The molecular formula is C32H31FN4O6S. The quantitative estimate of drug-likeness (QED) is 0.242. The molecule has 228 valence electrons. The number of rotatable bonds is 9. The molecule has 3 atom stereocenters. The summed E-state index contributed by atoms with van der Waals surface area (Å²) in [5, 5.41) is 14.4. The van der Waals surface area contributed by atoms with Gasteiger partial charge in [-0.2, -0.15) is 0 Å². The van der Waals surface area contributed by atoms with Gasteiger partial charge in [0.05, 0.1) is 29.2 Å². The lowest BCUT2D eigenvalue weighted by Crippen LogP contribution is -2.40. The summed E-state index contributed by atoms with van der Waals surface area (Å²) in [7, 11) is -2.39. The van der Waals surface area contributed by atoms with Crippen molar-refractivity contribution in [2.24, 2.45) is 5.92 Å². The predicted molar refractivity (Wildman–Crippen MR) is 162 cm³/mol. The largest absolute Gasteiger partial charge is 0.494 e. The molecule has 2 aliphatic rings. The number of benzene rings is 3. The van der Waals surface area contributed by atoms with Crippen molar-refractivity contribution in [2.75, 3.05) is 24.7 Å². The zero-order valence-corrected chi connectivity index (χ0v) is 24.6. The molecule has 2 heterocycles. The molecule has 1 aliphatic heterocycles. The van der Waals surface area contributed by atoms with Crippen molar-refractivity contribution < 1.29 is 32.2 Å². The number of aromatic nitrogens is 1. The van der Waals surface area contributed by atoms with Crippen LogP contribution in [-0.4, -0.2) is 54.2 Å². The van der Waals surface area contributed by atoms with Gasteiger partial charge in [0.25, 0.3) is 0 Å². The Bertz CT molecular complexity index is 1880. The minimum Gasteiger partial charge on any atom is -0.494 e. The molecule has 4 aromatic rings. The number of fused-ring (bicyclic) bond motifs is 1. The molecule has 3 aromatic carbocycles. The van der Waals surface area contributed by atoms with Crippen molar-refractivity contribution in [3.8, 4) is 5.75 Å². The molecular weight excluding hydrogens is 587 g/mol. The molecule has 4 N–H and O–H groups in total. The third-order valence-corrected chi connectivity index (χ3v) is 10.7. The first-order chi connectivity index (χ1) is 21.1. The second-order valence-electron chi connectivity index (χ2n) is 11.1. The minimum absolute atomic E-state index is 0.0483. The molecule has 12 heteroatoms. The van der Waals surface area contributed by atoms with Gasteiger partial charge in [0.2, 0.25) is 5.91 Å². The van der Waals surface area contributed by atoms with E-state index in [1.165, 1.54) is 36.3 Å². The lowest BCUT2D eigenvalue weighted by Gasteiger charge is -2.32. The van der Waals surface area contributed by atoms with E-state index in [0.717, 1.165) is 10.8 Å². The number of nitrogens with zero attached hydrogens (tertiary/aromatic N) is 2. The normalized spacial score (nSPS) is 19.1. The molecule has 1 amide bonds. The van der Waals surface area contributed by atoms with Crippen LogP contribution in [0, 0.1) is 11.7 Å². The maximum absolute atomic E-state index is 14.6. The Hall–Kier alpha value is -4.71. The number of carboxylic acid groups (broad SMARTS) is 1. The predicted octanol–water partition coefficient (Wildman–Crippen LogP) is 4.73. The fourth-order valence-electron chi connectivity index (χ4n) is 5.99. The number of carbonyl (C=O) groups is 2. The van der Waals surface area contributed by atoms with Gasteiger partial charge in [-0.25, -0.2) is 17.8 Å². The first kappa shape index (κ1) is 29.4. The van der Waals surface area contributed by atoms with Crippen molar-refractivity contribution in [2.45, 2.75) is 41.5 Å². The molecule has 6 rings (SSSR count). The number of hydrogen-bond acceptors (Lipinski definition) is 8. The molecule has 0 unspecified atom stereocenters. The Balaban J connectivity index is 1.44. The van der Waals surface area contributed by atoms with Crippen LogP contribution in [0.4, 0.5) is 15.9 Å². The van der Waals surface area contributed by atoms with Gasteiger partial charge in [-0.1, -0.05) is 24.3 Å². The number of anilines is 2. The lowest BCUT2D eigenvalue weighted by atomic mass is 9.93. The van der Waals surface area contributed by atoms with E-state index in [1.54, 1.807) is 48.7 Å². The van der Waals surface area contributed by atoms with Gasteiger partial charge in [-0.05, 0) is 78.2 Å². The van der Waals surface area contributed by atoms with Crippen LogP contribution in [0.1, 0.15) is 42.5 Å². The third-order valence-electron chi connectivity index (χ3n) is 8.37. The Morgan fingerprint density at radius 1 is 1.09 bits per heavy atom. The number of nitrogen functional groups attached to an aromatic ring is 1. The average molecular weight is 619 g/mol. The molecule has 1 aromatic heterocycles. The van der Waals surface area contributed by atoms with Crippen molar-refractivity contribution in [1.82, 2.24) is 9.88 Å². The van der Waals surface area contributed by atoms with Gasteiger partial charge in [-0.15, -0.1) is 0 Å². The third kappa shape index (κ3) is 5.30. The second kappa shape index (κ2) is 11.4. The van der Waals surface area contributed by atoms with Crippen molar-refractivity contribution in [3.05, 3.63) is 89.9 Å². The van der Waals surface area contributed by atoms with E-state index >= 15 is 0 Å². The van der Waals surface area contributed by atoms with E-state index in [0.29, 0.717) is 29.9 Å². The van der Waals surface area contributed by atoms with Gasteiger partial charge >= 0.3 is 5.97 Å². The maximum atomic E-state index is 14.6. The smallest absolute Gasteiger partial charge is 0.309 e. The number of methoxy groups -OCH3 is 1. The molecule has 0 spiro atoms. The van der Waals surface area contributed by atoms with Crippen LogP contribution in [0.25, 0.3) is 10.8 Å². The Labute approximate surface area is 253 Å². The number of nitrogens with one attached hydrogen (secondary N) is 1. The lowest BCUT2D eigenvalue weighted by molar-refractivity contribution is -0.143. The van der Waals surface area contributed by atoms with E-state index in [-0.39, 0.29) is 29.2 Å². The topological polar surface area (TPSA) is 152 Å². The van der Waals surface area contributed by atoms with E-state index in [2.05, 4.69) is 10.3 Å². The number of halogens is 1. The van der Waals surface area contributed by atoms with Gasteiger partial charge in [0.1, 0.15) is 11.9 Å². The van der Waals surface area contributed by atoms with Crippen LogP contribution >= 0.6 is 0 Å². The minimum atomic E-state index is -3.71. The number of sulfone groups is 1. The Morgan fingerprint density at radius 3 is 2.59 bits per heavy atom. The SMILES string of the molecule is COc1cc([C@@H](Nc2ccc3c(N)nccc3c2)C(=O)N2CC[C@H](C(=O)O)[C@H]2c2ccccc2S(=O)(=O)C2CC2)ccc1F. The van der Waals surface area contributed by atoms with Crippen LogP contribution < -0.4 is 15.8 Å². The number of pyridine rings is 1. The van der Waals surface area contributed by atoms with Gasteiger partial charge in [0, 0.05) is 23.8 Å². The zero-order valence-electron chi connectivity index (χ0n) is 23.8. The maximum Gasteiger partial charge on any atom is 0.309 e. The molecule has 1 saturated carbocycles. The van der Waals surface area contributed by atoms with Crippen LogP contribution in [0.15, 0.2) is 77.8 Å². The Morgan fingerprint density at radius 2 is 1.86 bits per heavy atom. The molecule has 1 saturated heterocycles. The molecule has 10 nitrogen and oxygen atoms in total. The molecule has 44 heavy (non-hydrogen) atoms. The number of amides is 1. The van der Waals surface area contributed by atoms with Crippen molar-refractivity contribution in [1.29, 1.82) is 0 Å². The first-order valence-electron chi connectivity index (χ1n) is 14.2. The van der Waals surface area contributed by atoms with E-state index in [4.69, 9.17) is 10.5 Å². The highest BCUT2D eigenvalue weighted by Gasteiger charge is 2.47. The van der Waals surface area contributed by atoms with E-state index < -0.39 is 50.8 Å². The van der Waals surface area contributed by atoms with Crippen LogP contribution in [0.3, 0.4) is 0 Å². The number of hydrogen-bond donors (Lipinski definition) is 3. The van der Waals surface area contributed by atoms with Gasteiger partial charge in [-0.3, -0.25) is 9.59 Å². The summed E-state index contributed by atoms with van der Waals surface area (Å²) in [6.45, 7) is 0.0781. The zero-order chi connectivity index (χ0) is 31.2. The summed E-state index contributed by atoms with van der Waals surface area (Å²) in [6.07, 6.45) is 2.78. The highest BCUT2D eigenvalue weighted by molar-refractivity contribution is 7.92. The summed E-state index contributed by atoms with van der Waals surface area (Å²) < 4.78 is 46.5. The fourth-order valence-corrected chi connectivity index (χ4v) is 7.89. The van der Waals surface area contributed by atoms with E-state index in [9.17, 15) is 27.5 Å². The van der Waals surface area contributed by atoms with Crippen LogP contribution in [0.5, 0.6) is 5.75 Å². The summed E-state index contributed by atoms with van der Waals surface area (Å²) >= 11 is 0. The van der Waals surface area contributed by atoms with Crippen molar-refractivity contribution in [3.63, 3.8) is 0 Å². The average Bonchev–Trinajstić information content (AvgIpc) is 3.79. The highest BCUT2D eigenvalue weighted by atomic mass is 32.2.